The van der Waals surface area contributed by atoms with Gasteiger partial charge in [-0.3, -0.25) is 0 Å². The van der Waals surface area contributed by atoms with E-state index in [1.54, 1.807) is 30.8 Å². The quantitative estimate of drug-likeness (QED) is 0.514. The van der Waals surface area contributed by atoms with Crippen molar-refractivity contribution in [1.82, 2.24) is 10.6 Å². The second-order valence-corrected chi connectivity index (χ2v) is 6.64. The number of carbonyl (C=O) groups is 2. The second kappa shape index (κ2) is 9.40. The maximum atomic E-state index is 12.6. The third kappa shape index (κ3) is 4.60. The maximum absolute atomic E-state index is 12.6. The molecule has 0 saturated carbocycles. The Hall–Kier alpha value is -2.55. The first-order valence-electron chi connectivity index (χ1n) is 8.21. The summed E-state index contributed by atoms with van der Waals surface area (Å²) >= 11 is 1.58. The Balaban J connectivity index is 2.48. The molecule has 1 atom stereocenters. The number of benzene rings is 1. The molecule has 8 nitrogen and oxygen atoms in total. The van der Waals surface area contributed by atoms with Crippen molar-refractivity contribution in [3.63, 3.8) is 0 Å². The van der Waals surface area contributed by atoms with E-state index in [9.17, 15) is 9.59 Å². The first-order valence-corrected chi connectivity index (χ1v) is 9.60. The van der Waals surface area contributed by atoms with Crippen LogP contribution in [0.3, 0.4) is 0 Å². The highest BCUT2D eigenvalue weighted by Gasteiger charge is 2.33. The van der Waals surface area contributed by atoms with Crippen LogP contribution in [0.5, 0.6) is 17.2 Å². The van der Waals surface area contributed by atoms with Crippen LogP contribution < -0.4 is 24.8 Å². The minimum atomic E-state index is -0.714. The number of hydrogen-bond acceptors (Lipinski definition) is 7. The highest BCUT2D eigenvalue weighted by molar-refractivity contribution is 7.98. The molecule has 2 N–H and O–H groups in total. The predicted octanol–water partition coefficient (Wildman–Crippen LogP) is 2.25. The lowest BCUT2D eigenvalue weighted by Crippen LogP contribution is -2.45. The average molecular weight is 396 g/mol. The van der Waals surface area contributed by atoms with E-state index in [-0.39, 0.29) is 6.61 Å². The van der Waals surface area contributed by atoms with Crippen LogP contribution in [0, 0.1) is 0 Å². The minimum absolute atomic E-state index is 0.284. The van der Waals surface area contributed by atoms with Gasteiger partial charge in [0, 0.05) is 11.4 Å². The van der Waals surface area contributed by atoms with E-state index >= 15 is 0 Å². The monoisotopic (exact) mass is 396 g/mol. The van der Waals surface area contributed by atoms with Gasteiger partial charge in [0.2, 0.25) is 5.75 Å². The van der Waals surface area contributed by atoms with E-state index in [4.69, 9.17) is 18.9 Å². The van der Waals surface area contributed by atoms with Crippen molar-refractivity contribution < 1.29 is 28.5 Å². The van der Waals surface area contributed by atoms with Crippen molar-refractivity contribution in [3.05, 3.63) is 29.0 Å². The van der Waals surface area contributed by atoms with E-state index in [0.29, 0.717) is 39.8 Å². The van der Waals surface area contributed by atoms with Crippen LogP contribution in [-0.2, 0) is 9.53 Å². The van der Waals surface area contributed by atoms with Crippen LogP contribution in [-0.4, -0.2) is 51.9 Å². The molecule has 0 aromatic heterocycles. The summed E-state index contributed by atoms with van der Waals surface area (Å²) in [5, 5.41) is 5.38. The van der Waals surface area contributed by atoms with Crippen LogP contribution in [0.2, 0.25) is 0 Å². The molecule has 1 heterocycles. The maximum Gasteiger partial charge on any atom is 0.338 e. The molecule has 0 radical (unpaired) electrons. The molecule has 0 bridgehead atoms. The van der Waals surface area contributed by atoms with Crippen LogP contribution in [0.1, 0.15) is 18.5 Å². The first-order chi connectivity index (χ1) is 13.0. The lowest BCUT2D eigenvalue weighted by Gasteiger charge is -2.29. The summed E-state index contributed by atoms with van der Waals surface area (Å²) in [6.45, 7) is 1.95. The Bertz CT molecular complexity index is 724. The third-order valence-electron chi connectivity index (χ3n) is 4.03. The van der Waals surface area contributed by atoms with Crippen LogP contribution in [0.25, 0.3) is 0 Å². The molecule has 1 aromatic carbocycles. The molecule has 2 amide bonds. The molecule has 1 aliphatic rings. The highest BCUT2D eigenvalue weighted by atomic mass is 32.2. The summed E-state index contributed by atoms with van der Waals surface area (Å²) in [5.74, 6) is 1.47. The lowest BCUT2D eigenvalue weighted by molar-refractivity contribution is -0.138. The normalized spacial score (nSPS) is 16.3. The van der Waals surface area contributed by atoms with Gasteiger partial charge in [-0.1, -0.05) is 0 Å². The van der Waals surface area contributed by atoms with Gasteiger partial charge in [0.1, 0.15) is 6.61 Å². The molecule has 0 saturated heterocycles. The van der Waals surface area contributed by atoms with Crippen molar-refractivity contribution in [2.75, 3.05) is 39.9 Å². The Morgan fingerprint density at radius 1 is 1.15 bits per heavy atom. The number of urea groups is 1. The number of nitrogens with one attached hydrogen (secondary N) is 2. The molecule has 0 fully saturated rings. The summed E-state index contributed by atoms with van der Waals surface area (Å²) in [6.07, 6.45) is 1.93. The van der Waals surface area contributed by atoms with E-state index in [2.05, 4.69) is 10.6 Å². The number of amides is 2. The van der Waals surface area contributed by atoms with Crippen molar-refractivity contribution in [2.45, 2.75) is 13.0 Å². The number of esters is 1. The van der Waals surface area contributed by atoms with Gasteiger partial charge >= 0.3 is 12.0 Å². The van der Waals surface area contributed by atoms with Crippen LogP contribution >= 0.6 is 11.8 Å². The lowest BCUT2D eigenvalue weighted by atomic mass is 9.95. The average Bonchev–Trinajstić information content (AvgIpc) is 2.66. The summed E-state index contributed by atoms with van der Waals surface area (Å²) < 4.78 is 21.4. The fourth-order valence-electron chi connectivity index (χ4n) is 2.78. The van der Waals surface area contributed by atoms with E-state index in [1.807, 2.05) is 6.26 Å². The number of hydrogen-bond donors (Lipinski definition) is 2. The number of ether oxygens (including phenoxy) is 4. The molecule has 2 rings (SSSR count). The van der Waals surface area contributed by atoms with Crippen molar-refractivity contribution in [2.24, 2.45) is 0 Å². The van der Waals surface area contributed by atoms with Crippen molar-refractivity contribution in [1.29, 1.82) is 0 Å². The Morgan fingerprint density at radius 3 is 2.30 bits per heavy atom. The molecular weight excluding hydrogens is 372 g/mol. The van der Waals surface area contributed by atoms with E-state index < -0.39 is 18.0 Å². The Labute approximate surface area is 162 Å². The SMILES string of the molecule is COc1cc(C2NC(=O)NC(C)=C2C(=O)OCCSC)cc(OC)c1OC. The fourth-order valence-corrected chi connectivity index (χ4v) is 3.03. The number of rotatable bonds is 8. The number of allylic oxidation sites excluding steroid dienone is 1. The molecular formula is C18H24N2O6S. The molecule has 1 aliphatic heterocycles. The number of thioether (sulfide) groups is 1. The van der Waals surface area contributed by atoms with E-state index in [1.165, 1.54) is 21.3 Å². The first kappa shape index (κ1) is 20.8. The number of carbonyl (C=O) groups excluding carboxylic acids is 2. The van der Waals surface area contributed by atoms with Gasteiger partial charge in [-0.15, -0.1) is 0 Å². The standard InChI is InChI=1S/C18H24N2O6S/c1-10-14(17(21)26-6-7-27-5)15(20-18(22)19-10)11-8-12(23-2)16(25-4)13(9-11)24-3/h8-9,15H,6-7H2,1-5H3,(H2,19,20,22). The van der Waals surface area contributed by atoms with Gasteiger partial charge in [0.05, 0.1) is 32.9 Å². The third-order valence-corrected chi connectivity index (χ3v) is 4.60. The van der Waals surface area contributed by atoms with Gasteiger partial charge in [-0.25, -0.2) is 9.59 Å². The topological polar surface area (TPSA) is 95.1 Å². The molecule has 27 heavy (non-hydrogen) atoms. The minimum Gasteiger partial charge on any atom is -0.493 e. The van der Waals surface area contributed by atoms with Gasteiger partial charge in [0.25, 0.3) is 0 Å². The summed E-state index contributed by atoms with van der Waals surface area (Å²) in [7, 11) is 4.51. The molecule has 1 aromatic rings. The zero-order valence-electron chi connectivity index (χ0n) is 16.0. The number of methoxy groups -OCH3 is 3. The van der Waals surface area contributed by atoms with Crippen LogP contribution in [0.15, 0.2) is 23.4 Å². The molecule has 0 spiro atoms. The fraction of sp³-hybridized carbons (Fsp3) is 0.444. The van der Waals surface area contributed by atoms with Gasteiger partial charge in [-0.2, -0.15) is 11.8 Å². The summed E-state index contributed by atoms with van der Waals surface area (Å²) in [6, 6.07) is 2.27. The van der Waals surface area contributed by atoms with Crippen molar-refractivity contribution in [3.8, 4) is 17.2 Å². The van der Waals surface area contributed by atoms with Gasteiger partial charge < -0.3 is 29.6 Å². The molecule has 0 aliphatic carbocycles. The highest BCUT2D eigenvalue weighted by Crippen LogP contribution is 2.41. The Morgan fingerprint density at radius 2 is 1.78 bits per heavy atom. The summed E-state index contributed by atoms with van der Waals surface area (Å²) in [5.41, 5.74) is 1.37. The van der Waals surface area contributed by atoms with Crippen molar-refractivity contribution >= 4 is 23.8 Å². The Kier molecular flexibility index (Phi) is 7.23. The smallest absolute Gasteiger partial charge is 0.338 e. The zero-order chi connectivity index (χ0) is 20.0. The van der Waals surface area contributed by atoms with Gasteiger partial charge in [-0.05, 0) is 30.9 Å². The molecule has 9 heteroatoms. The molecule has 1 unspecified atom stereocenters. The van der Waals surface area contributed by atoms with Gasteiger partial charge in [0.15, 0.2) is 11.5 Å². The summed E-state index contributed by atoms with van der Waals surface area (Å²) in [4.78, 5) is 24.7. The zero-order valence-corrected chi connectivity index (χ0v) is 16.8. The van der Waals surface area contributed by atoms with Crippen LogP contribution in [0.4, 0.5) is 4.79 Å². The molecule has 148 valence electrons. The predicted molar refractivity (Wildman–Crippen MR) is 103 cm³/mol. The van der Waals surface area contributed by atoms with E-state index in [0.717, 1.165) is 0 Å². The second-order valence-electron chi connectivity index (χ2n) is 5.66. The largest absolute Gasteiger partial charge is 0.493 e.